The first-order valence-electron chi connectivity index (χ1n) is 10.0. The Hall–Kier alpha value is -2.69. The number of aryl methyl sites for hydroxylation is 1. The molecule has 1 unspecified atom stereocenters. The molecule has 176 valence electrons. The van der Waals surface area contributed by atoms with E-state index in [1.165, 1.54) is 42.9 Å². The van der Waals surface area contributed by atoms with Crippen LogP contribution in [-0.2, 0) is 11.1 Å². The lowest BCUT2D eigenvalue weighted by atomic mass is 9.86. The Balaban J connectivity index is 2.12. The van der Waals surface area contributed by atoms with E-state index in [0.717, 1.165) is 17.4 Å². The van der Waals surface area contributed by atoms with Crippen LogP contribution in [0, 0.1) is 12.7 Å². The zero-order valence-electron chi connectivity index (χ0n) is 18.2. The minimum atomic E-state index is -5.12. The molecule has 0 saturated carbocycles. The first-order chi connectivity index (χ1) is 15.2. The molecule has 3 aromatic rings. The summed E-state index contributed by atoms with van der Waals surface area (Å²) >= 11 is 1.01. The molecule has 1 atom stereocenters. The molecule has 0 aliphatic carbocycles. The van der Waals surface area contributed by atoms with Gasteiger partial charge in [0.15, 0.2) is 5.78 Å². The van der Waals surface area contributed by atoms with Crippen LogP contribution in [0.2, 0.25) is 0 Å². The third-order valence-corrected chi connectivity index (χ3v) is 6.15. The van der Waals surface area contributed by atoms with E-state index < -0.39 is 47.5 Å². The number of alkyl halides is 3. The van der Waals surface area contributed by atoms with Crippen LogP contribution in [0.5, 0.6) is 0 Å². The number of ketones is 1. The molecule has 0 amide bonds. The van der Waals surface area contributed by atoms with Gasteiger partial charge in [0.05, 0.1) is 21.8 Å². The minimum absolute atomic E-state index is 0.0978. The summed E-state index contributed by atoms with van der Waals surface area (Å²) in [7, 11) is 0. The maximum absolute atomic E-state index is 14.2. The number of halogens is 4. The SMILES string of the molecule is Cc1cc(-c2cc(C(C)(C)N)cc(C(O)(CCC(=O)c3cncs3)C(F)(F)F)n2)ccc1F. The van der Waals surface area contributed by atoms with Gasteiger partial charge in [0, 0.05) is 23.7 Å². The highest BCUT2D eigenvalue weighted by Crippen LogP contribution is 2.43. The van der Waals surface area contributed by atoms with E-state index in [9.17, 15) is 27.5 Å². The van der Waals surface area contributed by atoms with Gasteiger partial charge in [-0.1, -0.05) is 0 Å². The molecule has 5 nitrogen and oxygen atoms in total. The molecule has 2 heterocycles. The van der Waals surface area contributed by atoms with E-state index in [-0.39, 0.29) is 16.1 Å². The molecule has 0 spiro atoms. The largest absolute Gasteiger partial charge is 0.422 e. The number of hydrogen-bond donors (Lipinski definition) is 2. The van der Waals surface area contributed by atoms with Crippen LogP contribution in [0.15, 0.2) is 42.0 Å². The van der Waals surface area contributed by atoms with Gasteiger partial charge in [-0.15, -0.1) is 11.3 Å². The van der Waals surface area contributed by atoms with Crippen molar-refractivity contribution in [2.75, 3.05) is 0 Å². The summed E-state index contributed by atoms with van der Waals surface area (Å²) in [6.07, 6.45) is -5.36. The Bertz CT molecular complexity index is 1160. The van der Waals surface area contributed by atoms with Gasteiger partial charge in [-0.3, -0.25) is 9.78 Å². The van der Waals surface area contributed by atoms with E-state index in [0.29, 0.717) is 11.1 Å². The van der Waals surface area contributed by atoms with Gasteiger partial charge < -0.3 is 10.8 Å². The number of rotatable bonds is 7. The maximum atomic E-state index is 14.2. The van der Waals surface area contributed by atoms with E-state index in [2.05, 4.69) is 9.97 Å². The van der Waals surface area contributed by atoms with Crippen molar-refractivity contribution in [3.8, 4) is 11.3 Å². The van der Waals surface area contributed by atoms with Crippen LogP contribution in [0.1, 0.15) is 53.2 Å². The molecule has 3 rings (SSSR count). The molecule has 0 saturated heterocycles. The van der Waals surface area contributed by atoms with Gasteiger partial charge >= 0.3 is 6.18 Å². The summed E-state index contributed by atoms with van der Waals surface area (Å²) in [4.78, 5) is 20.4. The monoisotopic (exact) mass is 481 g/mol. The van der Waals surface area contributed by atoms with Gasteiger partial charge in [0.1, 0.15) is 5.82 Å². The number of carbonyl (C=O) groups excluding carboxylic acids is 1. The summed E-state index contributed by atoms with van der Waals surface area (Å²) in [6.45, 7) is 4.73. The molecular weight excluding hydrogens is 458 g/mol. The fourth-order valence-corrected chi connectivity index (χ4v) is 3.84. The fraction of sp³-hybridized carbons (Fsp3) is 0.348. The Labute approximate surface area is 192 Å². The molecule has 0 bridgehead atoms. The number of hydrogen-bond acceptors (Lipinski definition) is 6. The number of pyridine rings is 1. The van der Waals surface area contributed by atoms with Gasteiger partial charge in [0.2, 0.25) is 5.60 Å². The van der Waals surface area contributed by atoms with Crippen molar-refractivity contribution in [3.63, 3.8) is 0 Å². The highest BCUT2D eigenvalue weighted by molar-refractivity contribution is 7.11. The second-order valence-corrected chi connectivity index (χ2v) is 9.35. The van der Waals surface area contributed by atoms with E-state index in [4.69, 9.17) is 5.73 Å². The maximum Gasteiger partial charge on any atom is 0.422 e. The summed E-state index contributed by atoms with van der Waals surface area (Å²) in [5.41, 5.74) is 3.45. The number of thiazole rings is 1. The first-order valence-corrected chi connectivity index (χ1v) is 10.9. The molecular formula is C23H23F4N3O2S. The number of nitrogens with two attached hydrogens (primary N) is 1. The van der Waals surface area contributed by atoms with Crippen LogP contribution in [-0.4, -0.2) is 27.0 Å². The average molecular weight is 482 g/mol. The van der Waals surface area contributed by atoms with Crippen molar-refractivity contribution in [1.82, 2.24) is 9.97 Å². The second kappa shape index (κ2) is 8.92. The lowest BCUT2D eigenvalue weighted by Crippen LogP contribution is -2.44. The Morgan fingerprint density at radius 3 is 2.42 bits per heavy atom. The quantitative estimate of drug-likeness (QED) is 0.355. The lowest BCUT2D eigenvalue weighted by molar-refractivity contribution is -0.270. The van der Waals surface area contributed by atoms with E-state index in [1.807, 2.05) is 0 Å². The predicted molar refractivity (Wildman–Crippen MR) is 117 cm³/mol. The van der Waals surface area contributed by atoms with E-state index >= 15 is 0 Å². The Morgan fingerprint density at radius 2 is 1.88 bits per heavy atom. The van der Waals surface area contributed by atoms with Crippen molar-refractivity contribution in [2.45, 2.75) is 50.9 Å². The van der Waals surface area contributed by atoms with Crippen molar-refractivity contribution in [3.05, 3.63) is 69.6 Å². The van der Waals surface area contributed by atoms with Crippen LogP contribution >= 0.6 is 11.3 Å². The Kier molecular flexibility index (Phi) is 6.74. The van der Waals surface area contributed by atoms with Crippen LogP contribution in [0.4, 0.5) is 17.6 Å². The number of aromatic nitrogens is 2. The zero-order valence-corrected chi connectivity index (χ0v) is 19.0. The van der Waals surface area contributed by atoms with Crippen LogP contribution in [0.3, 0.4) is 0 Å². The highest BCUT2D eigenvalue weighted by Gasteiger charge is 2.56. The fourth-order valence-electron chi connectivity index (χ4n) is 3.25. The Morgan fingerprint density at radius 1 is 1.18 bits per heavy atom. The number of aliphatic hydroxyl groups is 1. The number of carbonyl (C=O) groups is 1. The van der Waals surface area contributed by atoms with Crippen LogP contribution in [0.25, 0.3) is 11.3 Å². The number of benzene rings is 1. The van der Waals surface area contributed by atoms with Crippen molar-refractivity contribution >= 4 is 17.1 Å². The standard InChI is InChI=1S/C23H23F4N3O2S/c1-13-8-14(4-5-16(13)24)17-9-15(21(2,3)28)10-20(30-17)22(32,23(25,26)27)7-6-18(31)19-11-29-12-33-19/h4-5,8-12,32H,6-7,28H2,1-3H3. The van der Waals surface area contributed by atoms with Gasteiger partial charge in [-0.25, -0.2) is 9.37 Å². The number of Topliss-reactive ketones (excluding diaryl/α,β-unsaturated/α-hetero) is 1. The molecule has 1 aromatic carbocycles. The predicted octanol–water partition coefficient (Wildman–Crippen LogP) is 5.26. The molecule has 0 aliphatic rings. The van der Waals surface area contributed by atoms with Crippen LogP contribution < -0.4 is 5.73 Å². The molecule has 0 fully saturated rings. The molecule has 2 aromatic heterocycles. The van der Waals surface area contributed by atoms with E-state index in [1.54, 1.807) is 13.8 Å². The molecule has 33 heavy (non-hydrogen) atoms. The topological polar surface area (TPSA) is 89.1 Å². The third-order valence-electron chi connectivity index (χ3n) is 5.34. The number of nitrogens with zero attached hydrogens (tertiary/aromatic N) is 2. The van der Waals surface area contributed by atoms with Crippen molar-refractivity contribution < 1.29 is 27.5 Å². The minimum Gasteiger partial charge on any atom is -0.375 e. The second-order valence-electron chi connectivity index (χ2n) is 8.46. The van der Waals surface area contributed by atoms with Gasteiger partial charge in [-0.2, -0.15) is 13.2 Å². The highest BCUT2D eigenvalue weighted by atomic mass is 32.1. The average Bonchev–Trinajstić information content (AvgIpc) is 3.27. The van der Waals surface area contributed by atoms with Gasteiger partial charge in [0.25, 0.3) is 0 Å². The zero-order chi connectivity index (χ0) is 24.6. The summed E-state index contributed by atoms with van der Waals surface area (Å²) in [5, 5.41) is 10.9. The molecule has 0 aliphatic heterocycles. The normalized spacial score (nSPS) is 14.2. The molecule has 0 radical (unpaired) electrons. The van der Waals surface area contributed by atoms with Gasteiger partial charge in [-0.05, 0) is 68.7 Å². The summed E-state index contributed by atoms with van der Waals surface area (Å²) in [5.74, 6) is -1.03. The molecule has 3 N–H and O–H groups in total. The van der Waals surface area contributed by atoms with Crippen molar-refractivity contribution in [1.29, 1.82) is 0 Å². The molecule has 10 heteroatoms. The summed E-state index contributed by atoms with van der Waals surface area (Å²) in [6, 6.07) is 6.65. The van der Waals surface area contributed by atoms with Crippen molar-refractivity contribution in [2.24, 2.45) is 5.73 Å². The summed E-state index contributed by atoms with van der Waals surface area (Å²) < 4.78 is 56.2. The first kappa shape index (κ1) is 24.9. The lowest BCUT2D eigenvalue weighted by Gasteiger charge is -2.32. The smallest absolute Gasteiger partial charge is 0.375 e. The third kappa shape index (κ3) is 5.29.